The predicted octanol–water partition coefficient (Wildman–Crippen LogP) is 4.28. The van der Waals surface area contributed by atoms with E-state index in [0.717, 1.165) is 23.9 Å². The summed E-state index contributed by atoms with van der Waals surface area (Å²) in [6.45, 7) is 7.50. The number of anilines is 1. The van der Waals surface area contributed by atoms with Crippen LogP contribution in [0.15, 0.2) is 22.7 Å². The van der Waals surface area contributed by atoms with E-state index in [9.17, 15) is 0 Å². The molecule has 1 fully saturated rings. The zero-order valence-electron chi connectivity index (χ0n) is 11.2. The van der Waals surface area contributed by atoms with Gasteiger partial charge in [-0.2, -0.15) is 5.26 Å². The summed E-state index contributed by atoms with van der Waals surface area (Å²) < 4.78 is 1.14. The minimum absolute atomic E-state index is 0.0381. The van der Waals surface area contributed by atoms with Crippen molar-refractivity contribution in [2.75, 3.05) is 11.4 Å². The van der Waals surface area contributed by atoms with Crippen LogP contribution in [0.25, 0.3) is 0 Å². The molecule has 1 unspecified atom stereocenters. The molecule has 1 saturated heterocycles. The Bertz CT molecular complexity index is 488. The van der Waals surface area contributed by atoms with Crippen LogP contribution in [0.4, 0.5) is 5.69 Å². The van der Waals surface area contributed by atoms with Crippen LogP contribution >= 0.6 is 15.9 Å². The molecule has 0 radical (unpaired) electrons. The number of piperidine rings is 1. The van der Waals surface area contributed by atoms with Crippen molar-refractivity contribution in [2.24, 2.45) is 5.92 Å². The van der Waals surface area contributed by atoms with Gasteiger partial charge in [0, 0.05) is 16.6 Å². The Labute approximate surface area is 118 Å². The topological polar surface area (TPSA) is 27.0 Å². The number of benzene rings is 1. The van der Waals surface area contributed by atoms with Crippen LogP contribution in [0.1, 0.15) is 32.3 Å². The van der Waals surface area contributed by atoms with Gasteiger partial charge in [-0.1, -0.05) is 6.07 Å². The lowest BCUT2D eigenvalue weighted by molar-refractivity contribution is 0.315. The summed E-state index contributed by atoms with van der Waals surface area (Å²) in [5.41, 5.74) is 2.54. The summed E-state index contributed by atoms with van der Waals surface area (Å²) in [4.78, 5) is 2.42. The lowest BCUT2D eigenvalue weighted by atomic mass is 9.83. The molecule has 0 aromatic heterocycles. The fourth-order valence-electron chi connectivity index (χ4n) is 2.79. The number of aryl methyl sites for hydroxylation is 1. The highest BCUT2D eigenvalue weighted by Crippen LogP contribution is 2.38. The van der Waals surface area contributed by atoms with Crippen LogP contribution in [0.5, 0.6) is 0 Å². The van der Waals surface area contributed by atoms with E-state index >= 15 is 0 Å². The molecule has 0 bridgehead atoms. The number of halogens is 1. The molecule has 0 spiro atoms. The Morgan fingerprint density at radius 2 is 2.17 bits per heavy atom. The third kappa shape index (κ3) is 2.54. The highest BCUT2D eigenvalue weighted by Gasteiger charge is 2.35. The second kappa shape index (κ2) is 4.93. The standard InChI is InChI=1S/C15H19BrN2/c1-11-4-5-14(13(16)8-11)18-7-6-12(10-17)9-15(18,2)3/h4-5,8,12H,6-7,9H2,1-3H3. The largest absolute Gasteiger partial charge is 0.365 e. The minimum Gasteiger partial charge on any atom is -0.365 e. The molecule has 2 rings (SSSR count). The summed E-state index contributed by atoms with van der Waals surface area (Å²) in [5, 5.41) is 9.09. The van der Waals surface area contributed by atoms with Gasteiger partial charge in [0.25, 0.3) is 0 Å². The summed E-state index contributed by atoms with van der Waals surface area (Å²) >= 11 is 3.66. The highest BCUT2D eigenvalue weighted by molar-refractivity contribution is 9.10. The minimum atomic E-state index is 0.0381. The van der Waals surface area contributed by atoms with Gasteiger partial charge in [-0.05, 0) is 67.2 Å². The molecule has 3 heteroatoms. The van der Waals surface area contributed by atoms with Crippen molar-refractivity contribution in [1.82, 2.24) is 0 Å². The highest BCUT2D eigenvalue weighted by atomic mass is 79.9. The Kier molecular flexibility index (Phi) is 3.68. The van der Waals surface area contributed by atoms with Gasteiger partial charge in [-0.3, -0.25) is 0 Å². The molecule has 1 atom stereocenters. The van der Waals surface area contributed by atoms with Crippen molar-refractivity contribution >= 4 is 21.6 Å². The first kappa shape index (κ1) is 13.4. The molecule has 1 aliphatic rings. The summed E-state index contributed by atoms with van der Waals surface area (Å²) in [5.74, 6) is 0.195. The lowest BCUT2D eigenvalue weighted by Crippen LogP contribution is -2.50. The Balaban J connectivity index is 2.31. The van der Waals surface area contributed by atoms with Crippen LogP contribution in [-0.2, 0) is 0 Å². The molecular formula is C15H19BrN2. The van der Waals surface area contributed by atoms with Crippen LogP contribution in [0, 0.1) is 24.2 Å². The smallest absolute Gasteiger partial charge is 0.0657 e. The van der Waals surface area contributed by atoms with E-state index in [-0.39, 0.29) is 11.5 Å². The number of hydrogen-bond donors (Lipinski definition) is 0. The van der Waals surface area contributed by atoms with Gasteiger partial charge in [0.15, 0.2) is 0 Å². The van der Waals surface area contributed by atoms with E-state index in [4.69, 9.17) is 5.26 Å². The monoisotopic (exact) mass is 306 g/mol. The van der Waals surface area contributed by atoms with Gasteiger partial charge in [0.2, 0.25) is 0 Å². The normalized spacial score (nSPS) is 22.6. The molecule has 1 aromatic rings. The van der Waals surface area contributed by atoms with Crippen LogP contribution in [0.2, 0.25) is 0 Å². The maximum absolute atomic E-state index is 9.09. The molecule has 2 nitrogen and oxygen atoms in total. The summed E-state index contributed by atoms with van der Waals surface area (Å²) in [6, 6.07) is 8.89. The van der Waals surface area contributed by atoms with E-state index in [1.54, 1.807) is 0 Å². The van der Waals surface area contributed by atoms with Crippen molar-refractivity contribution in [3.63, 3.8) is 0 Å². The van der Waals surface area contributed by atoms with Gasteiger partial charge in [0.1, 0.15) is 0 Å². The molecule has 1 heterocycles. The third-order valence-corrected chi connectivity index (χ3v) is 4.39. The number of nitriles is 1. The molecule has 18 heavy (non-hydrogen) atoms. The lowest BCUT2D eigenvalue weighted by Gasteiger charge is -2.46. The number of hydrogen-bond acceptors (Lipinski definition) is 2. The molecule has 1 aliphatic heterocycles. The molecule has 0 aliphatic carbocycles. The average molecular weight is 307 g/mol. The van der Waals surface area contributed by atoms with Crippen molar-refractivity contribution in [3.05, 3.63) is 28.2 Å². The van der Waals surface area contributed by atoms with Crippen LogP contribution in [0.3, 0.4) is 0 Å². The van der Waals surface area contributed by atoms with E-state index in [0.29, 0.717) is 0 Å². The van der Waals surface area contributed by atoms with Gasteiger partial charge < -0.3 is 4.90 Å². The Hall–Kier alpha value is -1.01. The zero-order valence-corrected chi connectivity index (χ0v) is 12.8. The zero-order chi connectivity index (χ0) is 13.3. The molecule has 0 amide bonds. The fraction of sp³-hybridized carbons (Fsp3) is 0.533. The van der Waals surface area contributed by atoms with E-state index in [2.05, 4.69) is 65.9 Å². The number of rotatable bonds is 1. The maximum atomic E-state index is 9.09. The first-order valence-electron chi connectivity index (χ1n) is 6.37. The van der Waals surface area contributed by atoms with Crippen LogP contribution in [-0.4, -0.2) is 12.1 Å². The van der Waals surface area contributed by atoms with Crippen LogP contribution < -0.4 is 4.90 Å². The van der Waals surface area contributed by atoms with Crippen molar-refractivity contribution in [2.45, 2.75) is 39.2 Å². The molecule has 0 saturated carbocycles. The first-order chi connectivity index (χ1) is 8.44. The Morgan fingerprint density at radius 1 is 1.44 bits per heavy atom. The average Bonchev–Trinajstić information content (AvgIpc) is 2.29. The van der Waals surface area contributed by atoms with E-state index in [1.165, 1.54) is 11.3 Å². The SMILES string of the molecule is Cc1ccc(N2CCC(C#N)CC2(C)C)c(Br)c1. The third-order valence-electron chi connectivity index (χ3n) is 3.75. The van der Waals surface area contributed by atoms with E-state index in [1.807, 2.05) is 0 Å². The van der Waals surface area contributed by atoms with E-state index < -0.39 is 0 Å². The quantitative estimate of drug-likeness (QED) is 0.774. The molecule has 1 aromatic carbocycles. The van der Waals surface area contributed by atoms with Gasteiger partial charge in [-0.25, -0.2) is 0 Å². The summed E-state index contributed by atoms with van der Waals surface area (Å²) in [6.07, 6.45) is 1.89. The van der Waals surface area contributed by atoms with Crippen molar-refractivity contribution < 1.29 is 0 Å². The predicted molar refractivity (Wildman–Crippen MR) is 78.6 cm³/mol. The molecular weight excluding hydrogens is 288 g/mol. The molecule has 0 N–H and O–H groups in total. The van der Waals surface area contributed by atoms with Gasteiger partial charge >= 0.3 is 0 Å². The summed E-state index contributed by atoms with van der Waals surface area (Å²) in [7, 11) is 0. The van der Waals surface area contributed by atoms with Crippen molar-refractivity contribution in [3.8, 4) is 6.07 Å². The second-order valence-corrected chi connectivity index (χ2v) is 6.59. The second-order valence-electron chi connectivity index (χ2n) is 5.74. The fourth-order valence-corrected chi connectivity index (χ4v) is 3.50. The Morgan fingerprint density at radius 3 is 2.72 bits per heavy atom. The molecule has 96 valence electrons. The van der Waals surface area contributed by atoms with Crippen molar-refractivity contribution in [1.29, 1.82) is 5.26 Å². The first-order valence-corrected chi connectivity index (χ1v) is 7.17. The van der Waals surface area contributed by atoms with Gasteiger partial charge in [0.05, 0.1) is 17.7 Å². The number of nitrogens with zero attached hydrogens (tertiary/aromatic N) is 2. The van der Waals surface area contributed by atoms with Gasteiger partial charge in [-0.15, -0.1) is 0 Å². The maximum Gasteiger partial charge on any atom is 0.0657 e.